The Morgan fingerprint density at radius 1 is 1.30 bits per heavy atom. The van der Waals surface area contributed by atoms with Crippen molar-refractivity contribution in [2.24, 2.45) is 11.8 Å². The molecule has 0 radical (unpaired) electrons. The molecule has 5 heteroatoms. The molecule has 0 amide bonds. The van der Waals surface area contributed by atoms with Crippen molar-refractivity contribution in [1.29, 1.82) is 0 Å². The van der Waals surface area contributed by atoms with Gasteiger partial charge in [-0.2, -0.15) is 0 Å². The number of carbonyl (C=O) groups is 2. The molecule has 154 valence electrons. The molecule has 0 aromatic heterocycles. The van der Waals surface area contributed by atoms with Gasteiger partial charge in [0.2, 0.25) is 0 Å². The number of allylic oxidation sites excluding steroid dienone is 2. The van der Waals surface area contributed by atoms with Gasteiger partial charge in [0.25, 0.3) is 0 Å². The van der Waals surface area contributed by atoms with E-state index in [0.717, 1.165) is 25.7 Å². The minimum atomic E-state index is -0.738. The quantitative estimate of drug-likeness (QED) is 0.398. The molecular weight excluding hydrogens is 344 g/mol. The number of rotatable bonds is 12. The van der Waals surface area contributed by atoms with Crippen LogP contribution in [0.3, 0.4) is 0 Å². The minimum absolute atomic E-state index is 0.109. The molecular formula is C22H36O5. The summed E-state index contributed by atoms with van der Waals surface area (Å²) in [5, 5.41) is 20.6. The van der Waals surface area contributed by atoms with Crippen molar-refractivity contribution in [3.63, 3.8) is 0 Å². The normalized spacial score (nSPS) is 25.4. The van der Waals surface area contributed by atoms with E-state index in [-0.39, 0.29) is 30.0 Å². The molecule has 0 spiro atoms. The average molecular weight is 381 g/mol. The number of hydrogen-bond donors (Lipinski definition) is 2. The van der Waals surface area contributed by atoms with Gasteiger partial charge in [-0.3, -0.25) is 9.59 Å². The number of hydrogen-bond acceptors (Lipinski definition) is 5. The molecule has 1 unspecified atom stereocenters. The summed E-state index contributed by atoms with van der Waals surface area (Å²) in [6, 6.07) is 0. The van der Waals surface area contributed by atoms with Gasteiger partial charge in [0.05, 0.1) is 18.8 Å². The maximum atomic E-state index is 12.2. The number of unbranched alkanes of at least 4 members (excludes halogenated alkanes) is 1. The van der Waals surface area contributed by atoms with Gasteiger partial charge in [-0.1, -0.05) is 44.1 Å². The SMILES string of the molecule is CCCCC(C)(O)CC=C[C@H]1[C@H](O)CC(=O)[C@@H]1CCC=CCCC(=O)OC. The molecule has 1 aliphatic carbocycles. The summed E-state index contributed by atoms with van der Waals surface area (Å²) in [4.78, 5) is 23.3. The zero-order valence-corrected chi connectivity index (χ0v) is 17.0. The average Bonchev–Trinajstić information content (AvgIpc) is 2.89. The van der Waals surface area contributed by atoms with E-state index in [1.807, 2.05) is 31.2 Å². The minimum Gasteiger partial charge on any atom is -0.469 e. The fraction of sp³-hybridized carbons (Fsp3) is 0.727. The van der Waals surface area contributed by atoms with E-state index >= 15 is 0 Å². The second-order valence-electron chi connectivity index (χ2n) is 7.82. The Bertz CT molecular complexity index is 521. The molecule has 0 aliphatic heterocycles. The van der Waals surface area contributed by atoms with Gasteiger partial charge in [0.1, 0.15) is 5.78 Å². The Labute approximate surface area is 163 Å². The van der Waals surface area contributed by atoms with Gasteiger partial charge in [-0.15, -0.1) is 0 Å². The van der Waals surface area contributed by atoms with E-state index in [4.69, 9.17) is 0 Å². The van der Waals surface area contributed by atoms with Gasteiger partial charge in [-0.25, -0.2) is 0 Å². The van der Waals surface area contributed by atoms with Gasteiger partial charge >= 0.3 is 5.97 Å². The van der Waals surface area contributed by atoms with Crippen LogP contribution in [0.4, 0.5) is 0 Å². The van der Waals surface area contributed by atoms with E-state index in [1.165, 1.54) is 7.11 Å². The van der Waals surface area contributed by atoms with Crippen molar-refractivity contribution in [1.82, 2.24) is 0 Å². The van der Waals surface area contributed by atoms with Crippen molar-refractivity contribution in [2.75, 3.05) is 7.11 Å². The standard InChI is InChI=1S/C22H36O5/c1-4-5-14-22(2,26)15-10-12-18-17(19(23)16-20(18)24)11-8-6-7-9-13-21(25)27-3/h6-7,10,12,17-18,20,24,26H,4-5,8-9,11,13-16H2,1-3H3/t17-,18-,20-,22?/m1/s1. The van der Waals surface area contributed by atoms with E-state index in [0.29, 0.717) is 25.7 Å². The second-order valence-corrected chi connectivity index (χ2v) is 7.82. The second kappa shape index (κ2) is 12.1. The number of carbonyl (C=O) groups excluding carboxylic acids is 2. The summed E-state index contributed by atoms with van der Waals surface area (Å²) in [5.74, 6) is -0.475. The third-order valence-electron chi connectivity index (χ3n) is 5.27. The van der Waals surface area contributed by atoms with Gasteiger partial charge < -0.3 is 14.9 Å². The molecule has 4 atom stereocenters. The highest BCUT2D eigenvalue weighted by atomic mass is 16.5. The zero-order chi connectivity index (χ0) is 20.3. The van der Waals surface area contributed by atoms with E-state index in [1.54, 1.807) is 0 Å². The van der Waals surface area contributed by atoms with Crippen LogP contribution < -0.4 is 0 Å². The molecule has 1 saturated carbocycles. The highest BCUT2D eigenvalue weighted by Crippen LogP contribution is 2.34. The first-order chi connectivity index (χ1) is 12.8. The first-order valence-corrected chi connectivity index (χ1v) is 10.1. The molecule has 1 aliphatic rings. The van der Waals surface area contributed by atoms with Crippen molar-refractivity contribution in [2.45, 2.75) is 83.3 Å². The Hall–Kier alpha value is -1.46. The summed E-state index contributed by atoms with van der Waals surface area (Å²) in [6.45, 7) is 3.93. The smallest absolute Gasteiger partial charge is 0.305 e. The van der Waals surface area contributed by atoms with Crippen LogP contribution in [0.5, 0.6) is 0 Å². The lowest BCUT2D eigenvalue weighted by Crippen LogP contribution is -2.23. The number of aliphatic hydroxyl groups excluding tert-OH is 1. The van der Waals surface area contributed by atoms with Crippen LogP contribution in [0, 0.1) is 11.8 Å². The third kappa shape index (κ3) is 8.85. The highest BCUT2D eigenvalue weighted by molar-refractivity contribution is 5.84. The summed E-state index contributed by atoms with van der Waals surface area (Å²) >= 11 is 0. The molecule has 0 aromatic carbocycles. The Morgan fingerprint density at radius 2 is 2.00 bits per heavy atom. The molecule has 5 nitrogen and oxygen atoms in total. The lowest BCUT2D eigenvalue weighted by atomic mass is 9.88. The number of methoxy groups -OCH3 is 1. The molecule has 27 heavy (non-hydrogen) atoms. The molecule has 0 bridgehead atoms. The van der Waals surface area contributed by atoms with Gasteiger partial charge in [0, 0.05) is 24.7 Å². The monoisotopic (exact) mass is 380 g/mol. The Kier molecular flexibility index (Phi) is 10.6. The molecule has 0 saturated heterocycles. The highest BCUT2D eigenvalue weighted by Gasteiger charge is 2.39. The summed E-state index contributed by atoms with van der Waals surface area (Å²) in [6.07, 6.45) is 13.0. The summed E-state index contributed by atoms with van der Waals surface area (Å²) in [7, 11) is 1.37. The Morgan fingerprint density at radius 3 is 2.67 bits per heavy atom. The van der Waals surface area contributed by atoms with Crippen LogP contribution in [0.1, 0.15) is 71.6 Å². The fourth-order valence-corrected chi connectivity index (χ4v) is 3.55. The van der Waals surface area contributed by atoms with Gasteiger partial charge in [-0.05, 0) is 39.0 Å². The number of Topliss-reactive ketones (excluding diaryl/α,β-unsaturated/α-hetero) is 1. The fourth-order valence-electron chi connectivity index (χ4n) is 3.55. The first-order valence-electron chi connectivity index (χ1n) is 10.1. The van der Waals surface area contributed by atoms with Crippen LogP contribution in [-0.4, -0.2) is 40.8 Å². The molecule has 2 N–H and O–H groups in total. The number of ether oxygens (including phenoxy) is 1. The maximum absolute atomic E-state index is 12.2. The van der Waals surface area contributed by atoms with Crippen LogP contribution in [0.25, 0.3) is 0 Å². The van der Waals surface area contributed by atoms with Crippen LogP contribution in [0.2, 0.25) is 0 Å². The van der Waals surface area contributed by atoms with Crippen LogP contribution in [-0.2, 0) is 14.3 Å². The van der Waals surface area contributed by atoms with Crippen molar-refractivity contribution < 1.29 is 24.5 Å². The Balaban J connectivity index is 2.49. The lowest BCUT2D eigenvalue weighted by Gasteiger charge is -2.22. The predicted octanol–water partition coefficient (Wildman–Crippen LogP) is 3.73. The summed E-state index contributed by atoms with van der Waals surface area (Å²) < 4.78 is 4.59. The van der Waals surface area contributed by atoms with Crippen LogP contribution >= 0.6 is 0 Å². The van der Waals surface area contributed by atoms with Crippen LogP contribution in [0.15, 0.2) is 24.3 Å². The third-order valence-corrected chi connectivity index (χ3v) is 5.27. The zero-order valence-electron chi connectivity index (χ0n) is 17.0. The van der Waals surface area contributed by atoms with Crippen molar-refractivity contribution in [3.8, 4) is 0 Å². The largest absolute Gasteiger partial charge is 0.469 e. The van der Waals surface area contributed by atoms with E-state index in [9.17, 15) is 19.8 Å². The van der Waals surface area contributed by atoms with Gasteiger partial charge in [0.15, 0.2) is 0 Å². The number of ketones is 1. The number of esters is 1. The number of aliphatic hydroxyl groups is 2. The predicted molar refractivity (Wildman–Crippen MR) is 106 cm³/mol. The lowest BCUT2D eigenvalue weighted by molar-refractivity contribution is -0.140. The first kappa shape index (κ1) is 23.6. The van der Waals surface area contributed by atoms with E-state index < -0.39 is 11.7 Å². The topological polar surface area (TPSA) is 83.8 Å². The van der Waals surface area contributed by atoms with E-state index in [2.05, 4.69) is 11.7 Å². The molecule has 0 aromatic rings. The maximum Gasteiger partial charge on any atom is 0.305 e. The molecule has 0 heterocycles. The molecule has 1 rings (SSSR count). The summed E-state index contributed by atoms with van der Waals surface area (Å²) in [5.41, 5.74) is -0.738. The van der Waals surface area contributed by atoms with Crippen molar-refractivity contribution in [3.05, 3.63) is 24.3 Å². The molecule has 1 fully saturated rings. The van der Waals surface area contributed by atoms with Crippen molar-refractivity contribution >= 4 is 11.8 Å².